The van der Waals surface area contributed by atoms with E-state index < -0.39 is 4.92 Å². The van der Waals surface area contributed by atoms with Gasteiger partial charge in [-0.1, -0.05) is 19.1 Å². The van der Waals surface area contributed by atoms with Crippen LogP contribution < -0.4 is 10.6 Å². The number of nitro groups is 1. The predicted molar refractivity (Wildman–Crippen MR) is 77.7 cm³/mol. The lowest BCUT2D eigenvalue weighted by Crippen LogP contribution is -2.28. The van der Waals surface area contributed by atoms with E-state index in [4.69, 9.17) is 5.73 Å². The molecule has 3 rings (SSSR count). The van der Waals surface area contributed by atoms with Gasteiger partial charge in [0, 0.05) is 42.5 Å². The molecule has 0 radical (unpaired) electrons. The van der Waals surface area contributed by atoms with Crippen molar-refractivity contribution in [1.29, 1.82) is 0 Å². The Morgan fingerprint density at radius 2 is 2.20 bits per heavy atom. The number of hydrogen-bond donors (Lipinski definition) is 1. The lowest BCUT2D eigenvalue weighted by atomic mass is 10.1. The number of anilines is 1. The Bertz CT molecular complexity index is 663. The number of hydrogen-bond acceptors (Lipinski definition) is 5. The molecule has 1 saturated heterocycles. The van der Waals surface area contributed by atoms with Crippen molar-refractivity contribution in [1.82, 2.24) is 4.98 Å². The van der Waals surface area contributed by atoms with Crippen LogP contribution in [-0.2, 0) is 0 Å². The fraction of sp³-hybridized carbons (Fsp3) is 0.357. The van der Waals surface area contributed by atoms with Crippen LogP contribution in [0, 0.1) is 16.0 Å². The zero-order chi connectivity index (χ0) is 14.3. The van der Waals surface area contributed by atoms with Crippen LogP contribution in [0.4, 0.5) is 11.4 Å². The van der Waals surface area contributed by atoms with Gasteiger partial charge in [-0.2, -0.15) is 0 Å². The maximum Gasteiger partial charge on any atom is 0.295 e. The third-order valence-corrected chi connectivity index (χ3v) is 3.93. The number of aromatic nitrogens is 1. The minimum atomic E-state index is -0.391. The monoisotopic (exact) mass is 272 g/mol. The second-order valence-electron chi connectivity index (χ2n) is 5.31. The van der Waals surface area contributed by atoms with Gasteiger partial charge < -0.3 is 10.6 Å². The summed E-state index contributed by atoms with van der Waals surface area (Å²) >= 11 is 0. The molecule has 20 heavy (non-hydrogen) atoms. The third-order valence-electron chi connectivity index (χ3n) is 3.93. The van der Waals surface area contributed by atoms with Crippen LogP contribution in [0.3, 0.4) is 0 Å². The molecule has 1 aromatic carbocycles. The van der Waals surface area contributed by atoms with Gasteiger partial charge in [-0.15, -0.1) is 0 Å². The van der Waals surface area contributed by atoms with E-state index in [2.05, 4.69) is 16.8 Å². The Kier molecular flexibility index (Phi) is 3.02. The summed E-state index contributed by atoms with van der Waals surface area (Å²) < 4.78 is 0. The molecule has 1 aromatic heterocycles. The van der Waals surface area contributed by atoms with Gasteiger partial charge in [0.05, 0.1) is 4.92 Å². The fourth-order valence-corrected chi connectivity index (χ4v) is 2.76. The van der Waals surface area contributed by atoms with Gasteiger partial charge in [0.15, 0.2) is 0 Å². The molecule has 2 unspecified atom stereocenters. The summed E-state index contributed by atoms with van der Waals surface area (Å²) in [6, 6.07) is 7.09. The number of benzene rings is 1. The van der Waals surface area contributed by atoms with Gasteiger partial charge in [-0.25, -0.2) is 4.98 Å². The molecular weight excluding hydrogens is 256 g/mol. The van der Waals surface area contributed by atoms with Gasteiger partial charge in [-0.05, 0) is 12.0 Å². The molecule has 6 heteroatoms. The van der Waals surface area contributed by atoms with Crippen LogP contribution >= 0.6 is 0 Å². The Hall–Kier alpha value is -2.21. The van der Waals surface area contributed by atoms with E-state index >= 15 is 0 Å². The van der Waals surface area contributed by atoms with E-state index in [0.717, 1.165) is 24.2 Å². The molecule has 0 bridgehead atoms. The molecule has 2 N–H and O–H groups in total. The first-order valence-corrected chi connectivity index (χ1v) is 6.60. The number of pyridine rings is 1. The highest BCUT2D eigenvalue weighted by Gasteiger charge is 2.28. The normalized spacial score (nSPS) is 22.4. The van der Waals surface area contributed by atoms with Crippen LogP contribution in [0.25, 0.3) is 10.9 Å². The second-order valence-corrected chi connectivity index (χ2v) is 5.31. The molecular formula is C14H16N4O2. The Morgan fingerprint density at radius 1 is 1.40 bits per heavy atom. The smallest absolute Gasteiger partial charge is 0.295 e. The van der Waals surface area contributed by atoms with E-state index in [1.54, 1.807) is 12.3 Å². The highest BCUT2D eigenvalue weighted by Crippen LogP contribution is 2.33. The summed E-state index contributed by atoms with van der Waals surface area (Å²) in [5.74, 6) is 0.414. The lowest BCUT2D eigenvalue weighted by molar-refractivity contribution is -0.383. The van der Waals surface area contributed by atoms with E-state index in [1.807, 2.05) is 12.1 Å². The van der Waals surface area contributed by atoms with Crippen LogP contribution in [0.15, 0.2) is 30.5 Å². The van der Waals surface area contributed by atoms with E-state index in [-0.39, 0.29) is 11.7 Å². The standard InChI is InChI=1S/C14H16N4O2/c1-9-7-17(8-11(9)15)12-5-6-16-14-10(12)3-2-4-13(14)18(19)20/h2-6,9,11H,7-8,15H2,1H3. The van der Waals surface area contributed by atoms with Crippen molar-refractivity contribution < 1.29 is 4.92 Å². The minimum Gasteiger partial charge on any atom is -0.369 e. The van der Waals surface area contributed by atoms with Crippen LogP contribution in [-0.4, -0.2) is 29.0 Å². The molecule has 0 amide bonds. The summed E-state index contributed by atoms with van der Waals surface area (Å²) in [6.45, 7) is 3.75. The summed E-state index contributed by atoms with van der Waals surface area (Å²) in [5, 5.41) is 11.9. The molecule has 1 aliphatic rings. The van der Waals surface area contributed by atoms with Gasteiger partial charge >= 0.3 is 0 Å². The third kappa shape index (κ3) is 1.98. The highest BCUT2D eigenvalue weighted by atomic mass is 16.6. The number of nitrogens with two attached hydrogens (primary N) is 1. The summed E-state index contributed by atoms with van der Waals surface area (Å²) in [6.07, 6.45) is 1.62. The zero-order valence-electron chi connectivity index (χ0n) is 11.2. The predicted octanol–water partition coefficient (Wildman–Crippen LogP) is 1.93. The fourth-order valence-electron chi connectivity index (χ4n) is 2.76. The topological polar surface area (TPSA) is 85.3 Å². The van der Waals surface area contributed by atoms with E-state index in [1.165, 1.54) is 6.07 Å². The molecule has 1 fully saturated rings. The largest absolute Gasteiger partial charge is 0.369 e. The summed E-state index contributed by atoms with van der Waals surface area (Å²) in [4.78, 5) is 17.0. The molecule has 0 saturated carbocycles. The summed E-state index contributed by atoms with van der Waals surface area (Å²) in [5.41, 5.74) is 7.51. The maximum absolute atomic E-state index is 11.1. The van der Waals surface area contributed by atoms with Gasteiger partial charge in [0.2, 0.25) is 0 Å². The first-order chi connectivity index (χ1) is 9.58. The Labute approximate surface area is 116 Å². The van der Waals surface area contributed by atoms with Crippen LogP contribution in [0.1, 0.15) is 6.92 Å². The molecule has 1 aliphatic heterocycles. The van der Waals surface area contributed by atoms with E-state index in [9.17, 15) is 10.1 Å². The van der Waals surface area contributed by atoms with E-state index in [0.29, 0.717) is 11.4 Å². The van der Waals surface area contributed by atoms with Crippen molar-refractivity contribution in [3.8, 4) is 0 Å². The van der Waals surface area contributed by atoms with Crippen molar-refractivity contribution in [3.63, 3.8) is 0 Å². The molecule has 0 aliphatic carbocycles. The zero-order valence-corrected chi connectivity index (χ0v) is 11.2. The number of nitro benzene ring substituents is 1. The first kappa shape index (κ1) is 12.8. The van der Waals surface area contributed by atoms with Gasteiger partial charge in [0.25, 0.3) is 5.69 Å². The van der Waals surface area contributed by atoms with Crippen molar-refractivity contribution in [2.45, 2.75) is 13.0 Å². The number of fused-ring (bicyclic) bond motifs is 1. The number of nitrogens with zero attached hydrogens (tertiary/aromatic N) is 3. The van der Waals surface area contributed by atoms with Crippen molar-refractivity contribution in [2.75, 3.05) is 18.0 Å². The highest BCUT2D eigenvalue weighted by molar-refractivity contribution is 5.96. The number of para-hydroxylation sites is 1. The lowest BCUT2D eigenvalue weighted by Gasteiger charge is -2.19. The molecule has 2 heterocycles. The maximum atomic E-state index is 11.1. The average Bonchev–Trinajstić information content (AvgIpc) is 2.77. The summed E-state index contributed by atoms with van der Waals surface area (Å²) in [7, 11) is 0. The van der Waals surface area contributed by atoms with Crippen molar-refractivity contribution >= 4 is 22.3 Å². The molecule has 2 aromatic rings. The molecule has 2 atom stereocenters. The molecule has 0 spiro atoms. The second kappa shape index (κ2) is 4.72. The van der Waals surface area contributed by atoms with Crippen LogP contribution in [0.5, 0.6) is 0 Å². The SMILES string of the molecule is CC1CN(c2ccnc3c([N+](=O)[O-])cccc23)CC1N. The molecule has 6 nitrogen and oxygen atoms in total. The van der Waals surface area contributed by atoms with Crippen LogP contribution in [0.2, 0.25) is 0 Å². The minimum absolute atomic E-state index is 0.0425. The quantitative estimate of drug-likeness (QED) is 0.667. The van der Waals surface area contributed by atoms with Crippen molar-refractivity contribution in [3.05, 3.63) is 40.6 Å². The Morgan fingerprint density at radius 3 is 2.85 bits per heavy atom. The molecule has 104 valence electrons. The van der Waals surface area contributed by atoms with Gasteiger partial charge in [-0.3, -0.25) is 10.1 Å². The van der Waals surface area contributed by atoms with Gasteiger partial charge in [0.1, 0.15) is 5.52 Å². The number of rotatable bonds is 2. The first-order valence-electron chi connectivity index (χ1n) is 6.60. The number of non-ortho nitro benzene ring substituents is 1. The van der Waals surface area contributed by atoms with Crippen molar-refractivity contribution in [2.24, 2.45) is 11.7 Å². The Balaban J connectivity index is 2.13. The average molecular weight is 272 g/mol.